The van der Waals surface area contributed by atoms with Crippen molar-refractivity contribution >= 4 is 40.1 Å². The lowest BCUT2D eigenvalue weighted by atomic mass is 10.4. The number of hydrogen-bond acceptors (Lipinski definition) is 2. The maximum atomic E-state index is 10.7. The molecule has 0 spiro atoms. The van der Waals surface area contributed by atoms with Gasteiger partial charge in [-0.25, -0.2) is 0 Å². The zero-order chi connectivity index (χ0) is 9.14. The second-order valence-corrected chi connectivity index (χ2v) is 4.23. The molecule has 0 bridgehead atoms. The quantitative estimate of drug-likeness (QED) is 0.673. The lowest BCUT2D eigenvalue weighted by Gasteiger charge is -1.98. The van der Waals surface area contributed by atoms with Crippen molar-refractivity contribution in [3.05, 3.63) is 28.2 Å². The minimum Gasteiger partial charge on any atom is -0.287 e. The fraction of sp³-hybridized carbons (Fsp3) is 0.125. The van der Waals surface area contributed by atoms with Crippen LogP contribution in [0.4, 0.5) is 0 Å². The molecule has 1 rings (SSSR count). The fourth-order valence-electron chi connectivity index (χ4n) is 0.706. The van der Waals surface area contributed by atoms with Gasteiger partial charge in [0.05, 0.1) is 10.0 Å². The normalized spacial score (nSPS) is 9.92. The van der Waals surface area contributed by atoms with E-state index in [1.165, 1.54) is 6.92 Å². The molecule has 0 aliphatic heterocycles. The molecule has 0 saturated heterocycles. The first-order valence-electron chi connectivity index (χ1n) is 3.23. The number of thioether (sulfide) groups is 1. The second kappa shape index (κ2) is 4.17. The lowest BCUT2D eigenvalue weighted by molar-refractivity contribution is -0.109. The van der Waals surface area contributed by atoms with Crippen molar-refractivity contribution in [3.63, 3.8) is 0 Å². The van der Waals surface area contributed by atoms with E-state index in [4.69, 9.17) is 23.2 Å². The summed E-state index contributed by atoms with van der Waals surface area (Å²) >= 11 is 12.6. The maximum absolute atomic E-state index is 10.7. The highest BCUT2D eigenvalue weighted by Crippen LogP contribution is 2.27. The number of carbonyl (C=O) groups excluding carboxylic acids is 1. The monoisotopic (exact) mass is 220 g/mol. The van der Waals surface area contributed by atoms with Crippen LogP contribution in [0.5, 0.6) is 0 Å². The molecule has 0 saturated carbocycles. The first kappa shape index (κ1) is 9.90. The minimum atomic E-state index is 0.0355. The van der Waals surface area contributed by atoms with Gasteiger partial charge in [0.1, 0.15) is 0 Å². The van der Waals surface area contributed by atoms with E-state index >= 15 is 0 Å². The molecule has 1 aromatic carbocycles. The van der Waals surface area contributed by atoms with Gasteiger partial charge in [0.2, 0.25) is 0 Å². The van der Waals surface area contributed by atoms with E-state index in [1.54, 1.807) is 18.2 Å². The molecule has 4 heteroatoms. The van der Waals surface area contributed by atoms with Gasteiger partial charge >= 0.3 is 0 Å². The molecule has 0 aliphatic rings. The van der Waals surface area contributed by atoms with E-state index in [-0.39, 0.29) is 5.12 Å². The van der Waals surface area contributed by atoms with Crippen LogP contribution < -0.4 is 0 Å². The average Bonchev–Trinajstić information content (AvgIpc) is 1.96. The van der Waals surface area contributed by atoms with Gasteiger partial charge in [-0.05, 0) is 18.2 Å². The van der Waals surface area contributed by atoms with Crippen molar-refractivity contribution in [2.24, 2.45) is 0 Å². The van der Waals surface area contributed by atoms with Gasteiger partial charge in [-0.15, -0.1) is 0 Å². The van der Waals surface area contributed by atoms with E-state index in [0.717, 1.165) is 16.7 Å². The molecule has 0 heterocycles. The Morgan fingerprint density at radius 2 is 2.00 bits per heavy atom. The number of halogens is 2. The minimum absolute atomic E-state index is 0.0355. The fourth-order valence-corrected chi connectivity index (χ4v) is 1.71. The van der Waals surface area contributed by atoms with Crippen molar-refractivity contribution in [1.82, 2.24) is 0 Å². The Morgan fingerprint density at radius 3 is 2.50 bits per heavy atom. The first-order valence-corrected chi connectivity index (χ1v) is 4.80. The third-order valence-corrected chi connectivity index (χ3v) is 2.67. The molecule has 0 fully saturated rings. The Morgan fingerprint density at radius 1 is 1.33 bits per heavy atom. The van der Waals surface area contributed by atoms with Crippen LogP contribution in [0, 0.1) is 0 Å². The Balaban J connectivity index is 2.89. The lowest BCUT2D eigenvalue weighted by Crippen LogP contribution is -1.80. The molecular weight excluding hydrogens is 215 g/mol. The molecule has 0 aromatic heterocycles. The maximum Gasteiger partial charge on any atom is 0.190 e. The predicted octanol–water partition coefficient (Wildman–Crippen LogP) is 3.63. The van der Waals surface area contributed by atoms with Crippen molar-refractivity contribution in [1.29, 1.82) is 0 Å². The third-order valence-electron chi connectivity index (χ3n) is 1.15. The van der Waals surface area contributed by atoms with Crippen LogP contribution >= 0.6 is 35.0 Å². The van der Waals surface area contributed by atoms with Crippen LogP contribution in [0.15, 0.2) is 23.1 Å². The molecule has 1 aromatic rings. The zero-order valence-corrected chi connectivity index (χ0v) is 8.63. The molecule has 0 aliphatic carbocycles. The molecule has 64 valence electrons. The SMILES string of the molecule is CC(=O)Sc1ccc(Cl)c(Cl)c1. The van der Waals surface area contributed by atoms with Crippen LogP contribution in [-0.2, 0) is 4.79 Å². The Bertz CT molecular complexity index is 312. The molecule has 0 amide bonds. The van der Waals surface area contributed by atoms with E-state index in [2.05, 4.69) is 0 Å². The van der Waals surface area contributed by atoms with Gasteiger partial charge in [0, 0.05) is 11.8 Å². The highest BCUT2D eigenvalue weighted by Gasteiger charge is 2.01. The second-order valence-electron chi connectivity index (χ2n) is 2.17. The van der Waals surface area contributed by atoms with Gasteiger partial charge in [-0.3, -0.25) is 4.79 Å². The smallest absolute Gasteiger partial charge is 0.190 e. The summed E-state index contributed by atoms with van der Waals surface area (Å²) in [5, 5.41) is 1.01. The molecule has 0 unspecified atom stereocenters. The number of hydrogen-bond donors (Lipinski definition) is 0. The summed E-state index contributed by atoms with van der Waals surface area (Å²) in [6.07, 6.45) is 0. The largest absolute Gasteiger partial charge is 0.287 e. The zero-order valence-electron chi connectivity index (χ0n) is 6.30. The number of benzene rings is 1. The topological polar surface area (TPSA) is 17.1 Å². The van der Waals surface area contributed by atoms with Crippen LogP contribution in [0.1, 0.15) is 6.92 Å². The van der Waals surface area contributed by atoms with Crippen LogP contribution in [0.3, 0.4) is 0 Å². The van der Waals surface area contributed by atoms with Crippen molar-refractivity contribution in [2.75, 3.05) is 0 Å². The molecule has 0 N–H and O–H groups in total. The molecule has 12 heavy (non-hydrogen) atoms. The van der Waals surface area contributed by atoms with E-state index < -0.39 is 0 Å². The highest BCUT2D eigenvalue weighted by molar-refractivity contribution is 8.13. The standard InChI is InChI=1S/C8H6Cl2OS/c1-5(11)12-6-2-3-7(9)8(10)4-6/h2-4H,1H3. The summed E-state index contributed by atoms with van der Waals surface area (Å²) in [4.78, 5) is 11.5. The molecule has 0 atom stereocenters. The van der Waals surface area contributed by atoms with E-state index in [1.807, 2.05) is 0 Å². The summed E-state index contributed by atoms with van der Waals surface area (Å²) in [5.41, 5.74) is 0. The predicted molar refractivity (Wildman–Crippen MR) is 53.0 cm³/mol. The van der Waals surface area contributed by atoms with Crippen molar-refractivity contribution in [2.45, 2.75) is 11.8 Å². The van der Waals surface area contributed by atoms with Crippen molar-refractivity contribution < 1.29 is 4.79 Å². The average molecular weight is 221 g/mol. The van der Waals surface area contributed by atoms with E-state index in [9.17, 15) is 4.79 Å². The van der Waals surface area contributed by atoms with Gasteiger partial charge in [-0.2, -0.15) is 0 Å². The summed E-state index contributed by atoms with van der Waals surface area (Å²) in [6, 6.07) is 5.12. The third kappa shape index (κ3) is 2.70. The van der Waals surface area contributed by atoms with E-state index in [0.29, 0.717) is 10.0 Å². The van der Waals surface area contributed by atoms with Gasteiger partial charge in [0.25, 0.3) is 0 Å². The Hall–Kier alpha value is -0.180. The van der Waals surface area contributed by atoms with Crippen LogP contribution in [-0.4, -0.2) is 5.12 Å². The van der Waals surface area contributed by atoms with Gasteiger partial charge in [-0.1, -0.05) is 35.0 Å². The first-order chi connectivity index (χ1) is 5.59. The molecule has 0 radical (unpaired) electrons. The van der Waals surface area contributed by atoms with Crippen molar-refractivity contribution in [3.8, 4) is 0 Å². The summed E-state index contributed by atoms with van der Waals surface area (Å²) < 4.78 is 0. The van der Waals surface area contributed by atoms with Crippen LogP contribution in [0.2, 0.25) is 10.0 Å². The molecule has 1 nitrogen and oxygen atoms in total. The Labute approximate surface area is 85.1 Å². The molecular formula is C8H6Cl2OS. The van der Waals surface area contributed by atoms with Crippen LogP contribution in [0.25, 0.3) is 0 Å². The summed E-state index contributed by atoms with van der Waals surface area (Å²) in [7, 11) is 0. The number of rotatable bonds is 1. The Kier molecular flexibility index (Phi) is 3.44. The number of carbonyl (C=O) groups is 1. The summed E-state index contributed by atoms with van der Waals surface area (Å²) in [5.74, 6) is 0. The highest BCUT2D eigenvalue weighted by atomic mass is 35.5. The summed E-state index contributed by atoms with van der Waals surface area (Å²) in [6.45, 7) is 1.51. The van der Waals surface area contributed by atoms with Gasteiger partial charge in [0.15, 0.2) is 5.12 Å². The van der Waals surface area contributed by atoms with Gasteiger partial charge < -0.3 is 0 Å².